The van der Waals surface area contributed by atoms with E-state index >= 15 is 0 Å². The third-order valence-electron chi connectivity index (χ3n) is 5.07. The van der Waals surface area contributed by atoms with Gasteiger partial charge in [0.1, 0.15) is 6.42 Å². The normalized spacial score (nSPS) is 12.2. The highest BCUT2D eigenvalue weighted by Crippen LogP contribution is 2.39. The SMILES string of the molecule is CCOC(=O)CC(=O)N(n1c(=O)[nH]c2cc(C(F)(F)F)c(-c3ccnn3C(C)C)cc2c1=O)S(C)(=O)=O. The summed E-state index contributed by atoms with van der Waals surface area (Å²) in [4.78, 5) is 52.4. The number of esters is 1. The number of benzene rings is 1. The van der Waals surface area contributed by atoms with Crippen LogP contribution in [0.25, 0.3) is 22.2 Å². The van der Waals surface area contributed by atoms with Crippen molar-refractivity contribution in [1.29, 1.82) is 0 Å². The van der Waals surface area contributed by atoms with Crippen molar-refractivity contribution in [3.8, 4) is 11.3 Å². The molecule has 2 heterocycles. The number of carbonyl (C=O) groups excluding carboxylic acids is 2. The predicted molar refractivity (Wildman–Crippen MR) is 125 cm³/mol. The largest absolute Gasteiger partial charge is 0.466 e. The van der Waals surface area contributed by atoms with Crippen molar-refractivity contribution in [2.24, 2.45) is 0 Å². The topological polar surface area (TPSA) is 153 Å². The van der Waals surface area contributed by atoms with Crippen molar-refractivity contribution in [3.05, 3.63) is 50.8 Å². The van der Waals surface area contributed by atoms with Gasteiger partial charge >= 0.3 is 17.8 Å². The van der Waals surface area contributed by atoms with Gasteiger partial charge in [-0.1, -0.05) is 0 Å². The summed E-state index contributed by atoms with van der Waals surface area (Å²) in [6.45, 7) is 4.66. The van der Waals surface area contributed by atoms with E-state index in [-0.39, 0.29) is 27.4 Å². The van der Waals surface area contributed by atoms with E-state index in [2.05, 4.69) is 9.84 Å². The van der Waals surface area contributed by atoms with Gasteiger partial charge in [-0.05, 0) is 39.0 Å². The van der Waals surface area contributed by atoms with Crippen molar-refractivity contribution in [2.75, 3.05) is 17.3 Å². The molecule has 0 atom stereocenters. The molecule has 0 aliphatic heterocycles. The number of sulfonamides is 1. The molecule has 2 aromatic heterocycles. The molecule has 0 unspecified atom stereocenters. The molecule has 0 aliphatic rings. The van der Waals surface area contributed by atoms with Crippen LogP contribution in [0.2, 0.25) is 0 Å². The van der Waals surface area contributed by atoms with Crippen LogP contribution in [-0.4, -0.2) is 52.6 Å². The van der Waals surface area contributed by atoms with E-state index in [9.17, 15) is 40.8 Å². The highest BCUT2D eigenvalue weighted by Gasteiger charge is 2.36. The summed E-state index contributed by atoms with van der Waals surface area (Å²) in [7, 11) is -4.67. The lowest BCUT2D eigenvalue weighted by Crippen LogP contribution is -2.56. The first-order valence-corrected chi connectivity index (χ1v) is 12.6. The summed E-state index contributed by atoms with van der Waals surface area (Å²) in [6.07, 6.45) is -4.26. The molecule has 12 nitrogen and oxygen atoms in total. The monoisotopic (exact) mass is 545 g/mol. The summed E-state index contributed by atoms with van der Waals surface area (Å²) in [5.74, 6) is -2.61. The summed E-state index contributed by atoms with van der Waals surface area (Å²) >= 11 is 0. The van der Waals surface area contributed by atoms with Gasteiger partial charge in [0.05, 0.1) is 35.0 Å². The third kappa shape index (κ3) is 5.42. The molecule has 37 heavy (non-hydrogen) atoms. The van der Waals surface area contributed by atoms with Gasteiger partial charge in [-0.15, -0.1) is 9.09 Å². The van der Waals surface area contributed by atoms with Crippen molar-refractivity contribution in [3.63, 3.8) is 0 Å². The molecule has 0 fully saturated rings. The van der Waals surface area contributed by atoms with Gasteiger partial charge in [0, 0.05) is 17.8 Å². The molecule has 0 spiro atoms. The first-order valence-electron chi connectivity index (χ1n) is 10.7. The third-order valence-corrected chi connectivity index (χ3v) is 6.06. The zero-order valence-electron chi connectivity index (χ0n) is 20.0. The minimum absolute atomic E-state index is 0.000248. The van der Waals surface area contributed by atoms with Gasteiger partial charge in [0.15, 0.2) is 0 Å². The molecule has 16 heteroatoms. The van der Waals surface area contributed by atoms with Crippen LogP contribution in [-0.2, 0) is 30.5 Å². The maximum atomic E-state index is 14.0. The van der Waals surface area contributed by atoms with E-state index in [0.29, 0.717) is 12.3 Å². The molecule has 200 valence electrons. The standard InChI is InChI=1S/C21H22F3N5O7S/c1-5-36-18(31)10-17(30)29(37(4,34)35)28-19(32)13-8-12(16-6-7-25-27(16)11(2)3)14(21(22,23)24)9-15(13)26-20(28)33/h6-9,11H,5,10H2,1-4H3,(H,26,33). The average molecular weight is 545 g/mol. The lowest BCUT2D eigenvalue weighted by Gasteiger charge is -2.21. The number of nitrogens with zero attached hydrogens (tertiary/aromatic N) is 4. The highest BCUT2D eigenvalue weighted by atomic mass is 32.2. The molecule has 0 saturated heterocycles. The second-order valence-corrected chi connectivity index (χ2v) is 9.94. The van der Waals surface area contributed by atoms with Crippen LogP contribution in [0, 0.1) is 0 Å². The van der Waals surface area contributed by atoms with E-state index < -0.39 is 67.8 Å². The van der Waals surface area contributed by atoms with Crippen LogP contribution in [0.5, 0.6) is 0 Å². The number of aromatic amines is 1. The van der Waals surface area contributed by atoms with Gasteiger partial charge in [-0.3, -0.25) is 19.1 Å². The Bertz CT molecular complexity index is 1600. The number of rotatable bonds is 7. The molecule has 0 bridgehead atoms. The van der Waals surface area contributed by atoms with Crippen molar-refractivity contribution in [2.45, 2.75) is 39.4 Å². The summed E-state index contributed by atoms with van der Waals surface area (Å²) in [5, 5.41) is 3.48. The Morgan fingerprint density at radius 2 is 1.86 bits per heavy atom. The van der Waals surface area contributed by atoms with E-state index in [1.54, 1.807) is 13.8 Å². The van der Waals surface area contributed by atoms with Gasteiger partial charge in [0.25, 0.3) is 21.5 Å². The molecule has 1 N–H and O–H groups in total. The van der Waals surface area contributed by atoms with E-state index in [4.69, 9.17) is 0 Å². The van der Waals surface area contributed by atoms with Crippen LogP contribution >= 0.6 is 0 Å². The number of fused-ring (bicyclic) bond motifs is 1. The summed E-state index contributed by atoms with van der Waals surface area (Å²) in [6, 6.07) is 2.31. The number of ether oxygens (including phenoxy) is 1. The van der Waals surface area contributed by atoms with Crippen LogP contribution < -0.4 is 15.7 Å². The van der Waals surface area contributed by atoms with Crippen LogP contribution in [0.1, 0.15) is 38.8 Å². The van der Waals surface area contributed by atoms with Crippen molar-refractivity contribution >= 4 is 32.8 Å². The lowest BCUT2D eigenvalue weighted by molar-refractivity contribution is -0.145. The Kier molecular flexibility index (Phi) is 7.35. The number of alkyl halides is 3. The van der Waals surface area contributed by atoms with Crippen LogP contribution in [0.4, 0.5) is 13.2 Å². The zero-order chi connectivity index (χ0) is 27.9. The Morgan fingerprint density at radius 1 is 1.22 bits per heavy atom. The maximum absolute atomic E-state index is 14.0. The van der Waals surface area contributed by atoms with Crippen LogP contribution in [0.3, 0.4) is 0 Å². The molecule has 1 amide bonds. The summed E-state index contributed by atoms with van der Waals surface area (Å²) in [5.41, 5.74) is -5.14. The minimum Gasteiger partial charge on any atom is -0.466 e. The molecule has 0 aliphatic carbocycles. The Morgan fingerprint density at radius 3 is 2.41 bits per heavy atom. The molecule has 3 aromatic rings. The second kappa shape index (κ2) is 9.84. The first-order chi connectivity index (χ1) is 17.1. The fraction of sp³-hybridized carbons (Fsp3) is 0.381. The van der Waals surface area contributed by atoms with Gasteiger partial charge in [0.2, 0.25) is 0 Å². The fourth-order valence-corrected chi connectivity index (χ4v) is 4.53. The summed E-state index contributed by atoms with van der Waals surface area (Å²) < 4.78 is 72.3. The van der Waals surface area contributed by atoms with Crippen LogP contribution in [0.15, 0.2) is 34.0 Å². The van der Waals surface area contributed by atoms with E-state index in [0.717, 1.165) is 6.07 Å². The number of nitrogens with one attached hydrogen (secondary N) is 1. The Labute approximate surface area is 207 Å². The zero-order valence-corrected chi connectivity index (χ0v) is 20.8. The highest BCUT2D eigenvalue weighted by molar-refractivity contribution is 7.92. The van der Waals surface area contributed by atoms with E-state index in [1.807, 2.05) is 4.98 Å². The first kappa shape index (κ1) is 27.6. The number of hydrogen-bond acceptors (Lipinski definition) is 8. The Hall–Kier alpha value is -3.95. The van der Waals surface area contributed by atoms with Gasteiger partial charge < -0.3 is 9.72 Å². The van der Waals surface area contributed by atoms with Gasteiger partial charge in [-0.2, -0.15) is 18.3 Å². The molecule has 1 aromatic carbocycles. The molecule has 0 radical (unpaired) electrons. The number of carbonyl (C=O) groups is 2. The maximum Gasteiger partial charge on any atom is 0.417 e. The quantitative estimate of drug-likeness (QED) is 0.347. The molecular formula is C21H22F3N5O7S. The number of aromatic nitrogens is 4. The molecule has 0 saturated carbocycles. The number of H-pyrrole nitrogens is 1. The number of amides is 1. The molecular weight excluding hydrogens is 523 g/mol. The van der Waals surface area contributed by atoms with Crippen molar-refractivity contribution in [1.82, 2.24) is 19.4 Å². The number of hydrogen-bond donors (Lipinski definition) is 1. The fourth-order valence-electron chi connectivity index (χ4n) is 3.65. The second-order valence-electron chi connectivity index (χ2n) is 8.12. The minimum atomic E-state index is -4.91. The lowest BCUT2D eigenvalue weighted by atomic mass is 10.0. The smallest absolute Gasteiger partial charge is 0.417 e. The Balaban J connectivity index is 2.37. The van der Waals surface area contributed by atoms with E-state index in [1.165, 1.54) is 23.9 Å². The van der Waals surface area contributed by atoms with Crippen molar-refractivity contribution < 1.29 is 35.9 Å². The van der Waals surface area contributed by atoms with Gasteiger partial charge in [-0.25, -0.2) is 13.2 Å². The number of halogens is 3. The average Bonchev–Trinajstić information content (AvgIpc) is 3.24. The molecule has 3 rings (SSSR count). The predicted octanol–water partition coefficient (Wildman–Crippen LogP) is 1.53.